The van der Waals surface area contributed by atoms with Gasteiger partial charge in [-0.3, -0.25) is 0 Å². The zero-order valence-electron chi connectivity index (χ0n) is 12.5. The Morgan fingerprint density at radius 3 is 2.58 bits per heavy atom. The van der Waals surface area contributed by atoms with Gasteiger partial charge in [0.05, 0.1) is 13.2 Å². The molecule has 0 aromatic carbocycles. The lowest BCUT2D eigenvalue weighted by Gasteiger charge is -2.40. The molecule has 0 amide bonds. The molecule has 1 saturated heterocycles. The summed E-state index contributed by atoms with van der Waals surface area (Å²) < 4.78 is 16.0. The zero-order valence-corrected chi connectivity index (χ0v) is 12.5. The Labute approximate surface area is 117 Å². The van der Waals surface area contributed by atoms with E-state index in [0.717, 1.165) is 65.3 Å². The van der Waals surface area contributed by atoms with E-state index in [1.807, 2.05) is 0 Å². The van der Waals surface area contributed by atoms with Gasteiger partial charge in [0.1, 0.15) is 0 Å². The molecule has 1 unspecified atom stereocenters. The van der Waals surface area contributed by atoms with Crippen LogP contribution in [-0.4, -0.2) is 71.7 Å². The largest absolute Gasteiger partial charge is 0.385 e. The van der Waals surface area contributed by atoms with Crippen LogP contribution in [0.25, 0.3) is 0 Å². The highest BCUT2D eigenvalue weighted by Gasteiger charge is 2.33. The van der Waals surface area contributed by atoms with Crippen molar-refractivity contribution >= 4 is 0 Å². The van der Waals surface area contributed by atoms with E-state index in [-0.39, 0.29) is 5.41 Å². The Morgan fingerprint density at radius 2 is 2.00 bits per heavy atom. The Kier molecular flexibility index (Phi) is 8.57. The fourth-order valence-corrected chi connectivity index (χ4v) is 2.66. The molecule has 1 heterocycles. The van der Waals surface area contributed by atoms with Crippen LogP contribution in [0.3, 0.4) is 0 Å². The molecule has 0 aromatic rings. The number of methoxy groups -OCH3 is 2. The lowest BCUT2D eigenvalue weighted by Crippen LogP contribution is -2.48. The number of nitrogens with two attached hydrogens (primary N) is 1. The van der Waals surface area contributed by atoms with Crippen molar-refractivity contribution in [3.63, 3.8) is 0 Å². The average Bonchev–Trinajstić information content (AvgIpc) is 2.46. The molecular formula is C14H30N2O3. The number of rotatable bonds is 10. The van der Waals surface area contributed by atoms with Crippen LogP contribution in [0.1, 0.15) is 19.3 Å². The van der Waals surface area contributed by atoms with Crippen molar-refractivity contribution in [1.29, 1.82) is 0 Å². The molecule has 1 aliphatic rings. The van der Waals surface area contributed by atoms with Crippen molar-refractivity contribution in [1.82, 2.24) is 4.90 Å². The standard InChI is InChI=1S/C14H30N2O3/c1-17-8-4-6-16(7-10-18-2)12-14(11-15)5-3-9-19-13-14/h3-13,15H2,1-2H3. The van der Waals surface area contributed by atoms with E-state index in [2.05, 4.69) is 4.90 Å². The Hall–Kier alpha value is -0.200. The van der Waals surface area contributed by atoms with Gasteiger partial charge >= 0.3 is 0 Å². The molecule has 1 fully saturated rings. The highest BCUT2D eigenvalue weighted by atomic mass is 16.5. The molecule has 1 atom stereocenters. The van der Waals surface area contributed by atoms with Gasteiger partial charge in [-0.2, -0.15) is 0 Å². The van der Waals surface area contributed by atoms with Crippen molar-refractivity contribution in [2.24, 2.45) is 11.1 Å². The topological polar surface area (TPSA) is 57.0 Å². The molecule has 19 heavy (non-hydrogen) atoms. The van der Waals surface area contributed by atoms with Crippen LogP contribution in [0, 0.1) is 5.41 Å². The summed E-state index contributed by atoms with van der Waals surface area (Å²) >= 11 is 0. The van der Waals surface area contributed by atoms with Gasteiger partial charge in [0.2, 0.25) is 0 Å². The van der Waals surface area contributed by atoms with Gasteiger partial charge in [0.25, 0.3) is 0 Å². The number of hydrogen-bond acceptors (Lipinski definition) is 5. The molecule has 0 spiro atoms. The van der Waals surface area contributed by atoms with Crippen molar-refractivity contribution in [3.8, 4) is 0 Å². The first-order valence-corrected chi connectivity index (χ1v) is 7.24. The van der Waals surface area contributed by atoms with Gasteiger partial charge < -0.3 is 24.8 Å². The van der Waals surface area contributed by atoms with E-state index in [0.29, 0.717) is 6.54 Å². The summed E-state index contributed by atoms with van der Waals surface area (Å²) in [5.41, 5.74) is 6.13. The molecule has 0 saturated carbocycles. The van der Waals surface area contributed by atoms with Gasteiger partial charge in [-0.05, 0) is 19.3 Å². The lowest BCUT2D eigenvalue weighted by molar-refractivity contribution is -0.0255. The first-order valence-electron chi connectivity index (χ1n) is 7.24. The molecule has 1 rings (SSSR count). The van der Waals surface area contributed by atoms with Crippen LogP contribution in [0.4, 0.5) is 0 Å². The van der Waals surface area contributed by atoms with Crippen molar-refractivity contribution in [2.75, 3.05) is 66.8 Å². The minimum Gasteiger partial charge on any atom is -0.385 e. The molecule has 2 N–H and O–H groups in total. The fourth-order valence-electron chi connectivity index (χ4n) is 2.66. The van der Waals surface area contributed by atoms with E-state index >= 15 is 0 Å². The summed E-state index contributed by atoms with van der Waals surface area (Å²) in [7, 11) is 3.49. The number of nitrogens with zero attached hydrogens (tertiary/aromatic N) is 1. The smallest absolute Gasteiger partial charge is 0.0589 e. The summed E-state index contributed by atoms with van der Waals surface area (Å²) in [6.07, 6.45) is 3.33. The normalized spacial score (nSPS) is 24.0. The van der Waals surface area contributed by atoms with Crippen LogP contribution in [0.2, 0.25) is 0 Å². The van der Waals surface area contributed by atoms with Gasteiger partial charge in [-0.1, -0.05) is 0 Å². The monoisotopic (exact) mass is 274 g/mol. The molecule has 1 aliphatic heterocycles. The summed E-state index contributed by atoms with van der Waals surface area (Å²) in [5, 5.41) is 0. The molecule has 0 aliphatic carbocycles. The Balaban J connectivity index is 2.47. The summed E-state index contributed by atoms with van der Waals surface area (Å²) in [5.74, 6) is 0. The van der Waals surface area contributed by atoms with E-state index in [9.17, 15) is 0 Å². The highest BCUT2D eigenvalue weighted by molar-refractivity contribution is 4.86. The van der Waals surface area contributed by atoms with E-state index < -0.39 is 0 Å². The first-order chi connectivity index (χ1) is 9.26. The van der Waals surface area contributed by atoms with Crippen molar-refractivity contribution < 1.29 is 14.2 Å². The van der Waals surface area contributed by atoms with Crippen LogP contribution in [0.5, 0.6) is 0 Å². The maximum Gasteiger partial charge on any atom is 0.0589 e. The van der Waals surface area contributed by atoms with E-state index in [1.54, 1.807) is 14.2 Å². The minimum absolute atomic E-state index is 0.124. The predicted octanol–water partition coefficient (Wildman–Crippen LogP) is 0.727. The summed E-state index contributed by atoms with van der Waals surface area (Å²) in [6.45, 7) is 6.89. The zero-order chi connectivity index (χ0) is 14.0. The maximum absolute atomic E-state index is 6.01. The molecule has 0 aromatic heterocycles. The Morgan fingerprint density at radius 1 is 1.21 bits per heavy atom. The second kappa shape index (κ2) is 9.66. The van der Waals surface area contributed by atoms with Crippen LogP contribution in [0.15, 0.2) is 0 Å². The maximum atomic E-state index is 6.01. The van der Waals surface area contributed by atoms with Gasteiger partial charge in [0.15, 0.2) is 0 Å². The second-order valence-electron chi connectivity index (χ2n) is 5.48. The SMILES string of the molecule is COCCCN(CCOC)CC1(CN)CCCOC1. The van der Waals surface area contributed by atoms with Crippen LogP contribution in [-0.2, 0) is 14.2 Å². The molecule has 114 valence electrons. The van der Waals surface area contributed by atoms with Crippen molar-refractivity contribution in [3.05, 3.63) is 0 Å². The van der Waals surface area contributed by atoms with Crippen LogP contribution < -0.4 is 5.73 Å². The second-order valence-corrected chi connectivity index (χ2v) is 5.48. The van der Waals surface area contributed by atoms with E-state index in [1.165, 1.54) is 0 Å². The molecular weight excluding hydrogens is 244 g/mol. The molecule has 0 bridgehead atoms. The molecule has 5 heteroatoms. The highest BCUT2D eigenvalue weighted by Crippen LogP contribution is 2.28. The third kappa shape index (κ3) is 6.19. The van der Waals surface area contributed by atoms with Crippen LogP contribution >= 0.6 is 0 Å². The number of hydrogen-bond donors (Lipinski definition) is 1. The average molecular weight is 274 g/mol. The van der Waals surface area contributed by atoms with Gasteiger partial charge in [-0.15, -0.1) is 0 Å². The molecule has 5 nitrogen and oxygen atoms in total. The fraction of sp³-hybridized carbons (Fsp3) is 1.00. The quantitative estimate of drug-likeness (QED) is 0.595. The Bertz CT molecular complexity index is 221. The third-order valence-corrected chi connectivity index (χ3v) is 3.83. The van der Waals surface area contributed by atoms with Gasteiger partial charge in [0, 0.05) is 59.0 Å². The molecule has 0 radical (unpaired) electrons. The van der Waals surface area contributed by atoms with E-state index in [4.69, 9.17) is 19.9 Å². The first kappa shape index (κ1) is 16.9. The summed E-state index contributed by atoms with van der Waals surface area (Å²) in [6, 6.07) is 0. The number of ether oxygens (including phenoxy) is 3. The van der Waals surface area contributed by atoms with Gasteiger partial charge in [-0.25, -0.2) is 0 Å². The van der Waals surface area contributed by atoms with Crippen molar-refractivity contribution in [2.45, 2.75) is 19.3 Å². The third-order valence-electron chi connectivity index (χ3n) is 3.83. The lowest BCUT2D eigenvalue weighted by atomic mass is 9.82. The predicted molar refractivity (Wildman–Crippen MR) is 76.3 cm³/mol. The summed E-state index contributed by atoms with van der Waals surface area (Å²) in [4.78, 5) is 2.43. The minimum atomic E-state index is 0.124.